The molecule has 56 valence electrons. The quantitative estimate of drug-likeness (QED) is 0.629. The molecule has 0 fully saturated rings. The molecule has 1 heterocycles. The molecule has 0 amide bonds. The van der Waals surface area contributed by atoms with E-state index >= 15 is 0 Å². The molecule has 0 saturated carbocycles. The van der Waals surface area contributed by atoms with Crippen LogP contribution < -0.4 is 0 Å². The van der Waals surface area contributed by atoms with Crippen LogP contribution in [0.3, 0.4) is 0 Å². The molecule has 0 bridgehead atoms. The zero-order chi connectivity index (χ0) is 7.56. The van der Waals surface area contributed by atoms with Gasteiger partial charge in [0.05, 0.1) is 0 Å². The Hall–Kier alpha value is -0.860. The lowest BCUT2D eigenvalue weighted by Gasteiger charge is -2.08. The summed E-state index contributed by atoms with van der Waals surface area (Å²) in [6.07, 6.45) is 1.37. The first kappa shape index (κ1) is 7.25. The molecule has 0 radical (unpaired) electrons. The van der Waals surface area contributed by atoms with E-state index in [1.807, 2.05) is 0 Å². The van der Waals surface area contributed by atoms with Crippen molar-refractivity contribution in [1.29, 1.82) is 0 Å². The van der Waals surface area contributed by atoms with E-state index in [0.29, 0.717) is 11.8 Å². The van der Waals surface area contributed by atoms with Crippen molar-refractivity contribution in [2.75, 3.05) is 0 Å². The van der Waals surface area contributed by atoms with Crippen molar-refractivity contribution in [1.82, 2.24) is 10.2 Å². The fourth-order valence-corrected chi connectivity index (χ4v) is 0.665. The predicted octanol–water partition coefficient (Wildman–Crippen LogP) is 1.83. The van der Waals surface area contributed by atoms with Crippen molar-refractivity contribution in [3.63, 3.8) is 0 Å². The molecule has 0 aromatic carbocycles. The van der Waals surface area contributed by atoms with Crippen LogP contribution in [0.25, 0.3) is 0 Å². The number of aromatic nitrogens is 2. The van der Waals surface area contributed by atoms with Crippen LogP contribution in [0.15, 0.2) is 10.8 Å². The summed E-state index contributed by atoms with van der Waals surface area (Å²) >= 11 is 0. The topological polar surface area (TPSA) is 38.9 Å². The minimum atomic E-state index is 0.363. The molecule has 1 aromatic rings. The van der Waals surface area contributed by atoms with Crippen molar-refractivity contribution >= 4 is 0 Å². The van der Waals surface area contributed by atoms with Crippen LogP contribution in [0.4, 0.5) is 0 Å². The smallest absolute Gasteiger partial charge is 0.219 e. The van der Waals surface area contributed by atoms with E-state index in [-0.39, 0.29) is 0 Å². The maximum atomic E-state index is 5.03. The molecule has 1 aromatic heterocycles. The molecule has 1 atom stereocenters. The van der Waals surface area contributed by atoms with E-state index in [9.17, 15) is 0 Å². The van der Waals surface area contributed by atoms with E-state index < -0.39 is 0 Å². The third-order valence-electron chi connectivity index (χ3n) is 1.77. The highest BCUT2D eigenvalue weighted by Gasteiger charge is 2.13. The highest BCUT2D eigenvalue weighted by Crippen LogP contribution is 2.20. The first-order chi connectivity index (χ1) is 4.72. The Balaban J connectivity index is 2.68. The zero-order valence-corrected chi connectivity index (χ0v) is 6.53. The molecule has 0 aliphatic heterocycles. The van der Waals surface area contributed by atoms with Crippen LogP contribution in [-0.2, 0) is 0 Å². The lowest BCUT2D eigenvalue weighted by molar-refractivity contribution is 0.400. The monoisotopic (exact) mass is 140 g/mol. The molecule has 0 aliphatic rings. The molecule has 1 unspecified atom stereocenters. The van der Waals surface area contributed by atoms with Gasteiger partial charge in [-0.05, 0) is 5.92 Å². The van der Waals surface area contributed by atoms with Crippen LogP contribution in [0.5, 0.6) is 0 Å². The first-order valence-corrected chi connectivity index (χ1v) is 3.48. The van der Waals surface area contributed by atoms with Gasteiger partial charge in [0, 0.05) is 5.92 Å². The van der Waals surface area contributed by atoms with Crippen LogP contribution in [-0.4, -0.2) is 10.2 Å². The Kier molecular flexibility index (Phi) is 2.04. The van der Waals surface area contributed by atoms with Crippen molar-refractivity contribution < 1.29 is 4.42 Å². The fraction of sp³-hybridized carbons (Fsp3) is 0.714. The van der Waals surface area contributed by atoms with E-state index in [0.717, 1.165) is 5.89 Å². The standard InChI is InChI=1S/C7H12N2O/c1-5(2)6(3)7-9-8-4-10-7/h4-6H,1-3H3. The van der Waals surface area contributed by atoms with Crippen molar-refractivity contribution in [2.24, 2.45) is 5.92 Å². The summed E-state index contributed by atoms with van der Waals surface area (Å²) in [6.45, 7) is 6.35. The Morgan fingerprint density at radius 2 is 2.10 bits per heavy atom. The molecular formula is C7H12N2O. The maximum Gasteiger partial charge on any atom is 0.219 e. The van der Waals surface area contributed by atoms with Gasteiger partial charge in [0.15, 0.2) is 0 Å². The second kappa shape index (κ2) is 2.82. The first-order valence-electron chi connectivity index (χ1n) is 3.48. The molecule has 3 heteroatoms. The minimum absolute atomic E-state index is 0.363. The van der Waals surface area contributed by atoms with Gasteiger partial charge in [-0.1, -0.05) is 20.8 Å². The van der Waals surface area contributed by atoms with Gasteiger partial charge in [0.1, 0.15) is 0 Å². The zero-order valence-electron chi connectivity index (χ0n) is 6.53. The highest BCUT2D eigenvalue weighted by molar-refractivity contribution is 4.86. The molecular weight excluding hydrogens is 128 g/mol. The van der Waals surface area contributed by atoms with Crippen LogP contribution >= 0.6 is 0 Å². The van der Waals surface area contributed by atoms with Gasteiger partial charge in [-0.2, -0.15) is 0 Å². The summed E-state index contributed by atoms with van der Waals surface area (Å²) in [4.78, 5) is 0. The summed E-state index contributed by atoms with van der Waals surface area (Å²) in [7, 11) is 0. The highest BCUT2D eigenvalue weighted by atomic mass is 16.4. The van der Waals surface area contributed by atoms with Gasteiger partial charge in [0.2, 0.25) is 12.3 Å². The Bertz CT molecular complexity index is 181. The average molecular weight is 140 g/mol. The molecule has 0 spiro atoms. The van der Waals surface area contributed by atoms with E-state index in [1.165, 1.54) is 6.39 Å². The van der Waals surface area contributed by atoms with E-state index in [1.54, 1.807) is 0 Å². The van der Waals surface area contributed by atoms with Crippen LogP contribution in [0.2, 0.25) is 0 Å². The maximum absolute atomic E-state index is 5.03. The lowest BCUT2D eigenvalue weighted by Crippen LogP contribution is -2.01. The van der Waals surface area contributed by atoms with Gasteiger partial charge in [-0.15, -0.1) is 10.2 Å². The van der Waals surface area contributed by atoms with Crippen molar-refractivity contribution in [2.45, 2.75) is 26.7 Å². The second-order valence-corrected chi connectivity index (χ2v) is 2.81. The molecule has 0 saturated heterocycles. The normalized spacial score (nSPS) is 14.0. The minimum Gasteiger partial charge on any atom is -0.428 e. The fourth-order valence-electron chi connectivity index (χ4n) is 0.665. The number of hydrogen-bond acceptors (Lipinski definition) is 3. The van der Waals surface area contributed by atoms with Gasteiger partial charge in [-0.3, -0.25) is 0 Å². The van der Waals surface area contributed by atoms with Crippen LogP contribution in [0, 0.1) is 5.92 Å². The molecule has 1 rings (SSSR count). The summed E-state index contributed by atoms with van der Waals surface area (Å²) in [6, 6.07) is 0. The SMILES string of the molecule is CC(C)C(C)c1nnco1. The van der Waals surface area contributed by atoms with Crippen molar-refractivity contribution in [3.05, 3.63) is 12.3 Å². The van der Waals surface area contributed by atoms with E-state index in [2.05, 4.69) is 31.0 Å². The second-order valence-electron chi connectivity index (χ2n) is 2.81. The Labute approximate surface area is 60.5 Å². The van der Waals surface area contributed by atoms with Gasteiger partial charge in [-0.25, -0.2) is 0 Å². The largest absolute Gasteiger partial charge is 0.428 e. The molecule has 3 nitrogen and oxygen atoms in total. The Morgan fingerprint density at radius 3 is 2.50 bits per heavy atom. The third-order valence-corrected chi connectivity index (χ3v) is 1.77. The Morgan fingerprint density at radius 1 is 1.40 bits per heavy atom. The van der Waals surface area contributed by atoms with Gasteiger partial charge >= 0.3 is 0 Å². The number of hydrogen-bond donors (Lipinski definition) is 0. The third kappa shape index (κ3) is 1.35. The van der Waals surface area contributed by atoms with Gasteiger partial charge in [0.25, 0.3) is 0 Å². The predicted molar refractivity (Wildman–Crippen MR) is 37.6 cm³/mol. The van der Waals surface area contributed by atoms with E-state index in [4.69, 9.17) is 4.42 Å². The van der Waals surface area contributed by atoms with Crippen molar-refractivity contribution in [3.8, 4) is 0 Å². The summed E-state index contributed by atoms with van der Waals surface area (Å²) in [5.41, 5.74) is 0. The number of rotatable bonds is 2. The molecule has 0 aliphatic carbocycles. The molecule has 0 N–H and O–H groups in total. The summed E-state index contributed by atoms with van der Waals surface area (Å²) < 4.78 is 5.03. The van der Waals surface area contributed by atoms with Gasteiger partial charge < -0.3 is 4.42 Å². The summed E-state index contributed by atoms with van der Waals surface area (Å²) in [5.74, 6) is 1.65. The number of nitrogens with zero attached hydrogens (tertiary/aromatic N) is 2. The van der Waals surface area contributed by atoms with Crippen LogP contribution in [0.1, 0.15) is 32.6 Å². The summed E-state index contributed by atoms with van der Waals surface area (Å²) in [5, 5.41) is 7.43. The lowest BCUT2D eigenvalue weighted by atomic mass is 9.98. The molecule has 10 heavy (non-hydrogen) atoms. The average Bonchev–Trinajstić information content (AvgIpc) is 2.36.